The maximum absolute atomic E-state index is 11.5. The van der Waals surface area contributed by atoms with Crippen LogP contribution in [0.4, 0.5) is 5.69 Å². The Hall–Kier alpha value is -3.86. The van der Waals surface area contributed by atoms with Crippen molar-refractivity contribution in [1.29, 1.82) is 0 Å². The molecule has 2 heterocycles. The SMILES string of the molecule is C=c1ccc2c(c1)C(C)(C)[C-](/C=C/C1CCC/C(=C\C=C3/N(CCCC)c4ccc(C)cc4C3(C)C)C1=NCCC(=O)O)[N+]=2CCCC. The zero-order valence-electron chi connectivity index (χ0n) is 30.5. The van der Waals surface area contributed by atoms with Crippen molar-refractivity contribution < 1.29 is 9.90 Å². The smallest absolute Gasteiger partial charge is 0.305 e. The molecule has 3 aliphatic rings. The first-order valence-electron chi connectivity index (χ1n) is 18.3. The average Bonchev–Trinajstić information content (AvgIpc) is 3.38. The van der Waals surface area contributed by atoms with E-state index in [9.17, 15) is 9.90 Å². The number of rotatable bonds is 12. The highest BCUT2D eigenvalue weighted by Gasteiger charge is 2.41. The fourth-order valence-corrected chi connectivity index (χ4v) is 7.88. The lowest BCUT2D eigenvalue weighted by atomic mass is 9.77. The van der Waals surface area contributed by atoms with Crippen molar-refractivity contribution in [3.8, 4) is 0 Å². The number of aryl methyl sites for hydroxylation is 1. The largest absolute Gasteiger partial charge is 0.481 e. The lowest BCUT2D eigenvalue weighted by molar-refractivity contribution is -0.136. The summed E-state index contributed by atoms with van der Waals surface area (Å²) in [4.78, 5) is 19.1. The van der Waals surface area contributed by atoms with E-state index in [4.69, 9.17) is 4.99 Å². The molecule has 2 aromatic carbocycles. The molecule has 0 amide bonds. The van der Waals surface area contributed by atoms with Gasteiger partial charge < -0.3 is 14.6 Å². The molecule has 0 radical (unpaired) electrons. The molecular weight excluding hydrogens is 590 g/mol. The van der Waals surface area contributed by atoms with Gasteiger partial charge in [-0.3, -0.25) is 9.79 Å². The first kappa shape index (κ1) is 35.4. The van der Waals surface area contributed by atoms with Gasteiger partial charge in [0.25, 0.3) is 0 Å². The number of carboxylic acids is 1. The van der Waals surface area contributed by atoms with Gasteiger partial charge in [0.15, 0.2) is 0 Å². The number of anilines is 1. The van der Waals surface area contributed by atoms with Crippen molar-refractivity contribution in [3.63, 3.8) is 0 Å². The number of aliphatic imine (C=N–C) groups is 1. The van der Waals surface area contributed by atoms with Gasteiger partial charge in [-0.05, 0) is 72.2 Å². The number of unbranched alkanes of at least 4 members (excludes halogenated alkanes) is 2. The number of carboxylic acid groups (broad SMARTS) is 1. The van der Waals surface area contributed by atoms with Gasteiger partial charge in [-0.1, -0.05) is 103 Å². The number of hydrogen-bond acceptors (Lipinski definition) is 3. The van der Waals surface area contributed by atoms with Gasteiger partial charge in [-0.2, -0.15) is 6.08 Å². The summed E-state index contributed by atoms with van der Waals surface area (Å²) >= 11 is 0. The van der Waals surface area contributed by atoms with Crippen LogP contribution in [-0.4, -0.2) is 36.4 Å². The molecule has 0 spiro atoms. The number of carbonyl (C=O) groups is 1. The van der Waals surface area contributed by atoms with E-state index in [0.717, 1.165) is 69.0 Å². The second-order valence-corrected chi connectivity index (χ2v) is 15.0. The minimum atomic E-state index is -0.806. The van der Waals surface area contributed by atoms with Crippen LogP contribution in [0.15, 0.2) is 77.0 Å². The molecule has 2 aliphatic heterocycles. The van der Waals surface area contributed by atoms with Crippen LogP contribution < -0.4 is 20.1 Å². The third kappa shape index (κ3) is 7.11. The number of nitrogens with zero attached hydrogens (tertiary/aromatic N) is 3. The van der Waals surface area contributed by atoms with Crippen molar-refractivity contribution in [3.05, 3.63) is 105 Å². The quantitative estimate of drug-likeness (QED) is 0.187. The summed E-state index contributed by atoms with van der Waals surface area (Å²) in [5, 5.41) is 11.8. The Morgan fingerprint density at radius 1 is 1.08 bits per heavy atom. The lowest BCUT2D eigenvalue weighted by Gasteiger charge is -2.31. The van der Waals surface area contributed by atoms with E-state index in [1.807, 2.05) is 0 Å². The van der Waals surface area contributed by atoms with Crippen LogP contribution in [0.1, 0.15) is 110 Å². The van der Waals surface area contributed by atoms with Gasteiger partial charge in [-0.15, -0.1) is 6.08 Å². The summed E-state index contributed by atoms with van der Waals surface area (Å²) in [6.07, 6.45) is 17.0. The summed E-state index contributed by atoms with van der Waals surface area (Å²) in [5.74, 6) is -0.673. The average molecular weight is 648 g/mol. The molecule has 1 aliphatic carbocycles. The number of allylic oxidation sites excluding steroid dienone is 5. The summed E-state index contributed by atoms with van der Waals surface area (Å²) in [7, 11) is 0. The van der Waals surface area contributed by atoms with Crippen LogP contribution >= 0.6 is 0 Å². The second kappa shape index (κ2) is 14.7. The molecule has 1 fully saturated rings. The van der Waals surface area contributed by atoms with E-state index < -0.39 is 5.97 Å². The topological polar surface area (TPSA) is 55.9 Å². The molecule has 0 aromatic heterocycles. The van der Waals surface area contributed by atoms with Crippen LogP contribution in [0, 0.1) is 18.9 Å². The fraction of sp³-hybridized carbons (Fsp3) is 0.488. The third-order valence-electron chi connectivity index (χ3n) is 10.7. The first-order chi connectivity index (χ1) is 22.9. The van der Waals surface area contributed by atoms with Gasteiger partial charge in [0, 0.05) is 47.4 Å². The van der Waals surface area contributed by atoms with E-state index >= 15 is 0 Å². The normalized spacial score (nSPS) is 22.4. The number of hydrogen-bond donors (Lipinski definition) is 1. The Morgan fingerprint density at radius 2 is 1.85 bits per heavy atom. The molecule has 1 saturated carbocycles. The van der Waals surface area contributed by atoms with E-state index in [2.05, 4.69) is 125 Å². The van der Waals surface area contributed by atoms with Gasteiger partial charge in [0.05, 0.1) is 12.5 Å². The minimum Gasteiger partial charge on any atom is -0.481 e. The molecular formula is C43H57N3O2. The predicted molar refractivity (Wildman–Crippen MR) is 202 cm³/mol. The summed E-state index contributed by atoms with van der Waals surface area (Å²) < 4.78 is 2.51. The van der Waals surface area contributed by atoms with Gasteiger partial charge in [-0.25, -0.2) is 0 Å². The lowest BCUT2D eigenvalue weighted by Crippen LogP contribution is -2.33. The van der Waals surface area contributed by atoms with Gasteiger partial charge in [0.1, 0.15) is 11.9 Å². The van der Waals surface area contributed by atoms with Crippen molar-refractivity contribution >= 4 is 23.9 Å². The molecule has 0 saturated heterocycles. The molecule has 1 atom stereocenters. The summed E-state index contributed by atoms with van der Waals surface area (Å²) in [5.41, 5.74) is 8.68. The summed E-state index contributed by atoms with van der Waals surface area (Å²) in [6, 6.07) is 14.8. The molecule has 1 N–H and O–H groups in total. The zero-order chi connectivity index (χ0) is 34.6. The number of fused-ring (bicyclic) bond motifs is 2. The molecule has 5 nitrogen and oxygen atoms in total. The van der Waals surface area contributed by atoms with Crippen LogP contribution in [-0.2, 0) is 15.6 Å². The standard InChI is InChI=1S/C43H57N3O2/c1-9-11-26-45-36-20-16-30(3)28-34(36)42(5,6)38(45)22-18-32-14-13-15-33(41(32)44-25-24-40(47)48)19-23-39-43(7,8)35-29-31(4)17-21-37(35)46(39)27-12-10-2/h16-23,28-29,32H,3,9-15,24-27H2,1-2,4-8H3,(H,47,48)/b22-18+,33-19+,39-23-,44-41?. The molecule has 5 heteroatoms. The Balaban J connectivity index is 1.52. The second-order valence-electron chi connectivity index (χ2n) is 15.0. The van der Waals surface area contributed by atoms with E-state index in [1.54, 1.807) is 0 Å². The Kier molecular flexibility index (Phi) is 10.9. The monoisotopic (exact) mass is 647 g/mol. The molecule has 256 valence electrons. The molecule has 1 unspecified atom stereocenters. The van der Waals surface area contributed by atoms with E-state index in [0.29, 0.717) is 6.54 Å². The van der Waals surface area contributed by atoms with Crippen LogP contribution in [0.3, 0.4) is 0 Å². The maximum Gasteiger partial charge on any atom is 0.305 e. The molecule has 0 bridgehead atoms. The highest BCUT2D eigenvalue weighted by atomic mass is 16.4. The third-order valence-corrected chi connectivity index (χ3v) is 10.7. The molecule has 2 aromatic rings. The zero-order valence-corrected chi connectivity index (χ0v) is 30.5. The van der Waals surface area contributed by atoms with Crippen molar-refractivity contribution in [2.75, 3.05) is 24.5 Å². The van der Waals surface area contributed by atoms with Gasteiger partial charge >= 0.3 is 5.97 Å². The highest BCUT2D eigenvalue weighted by Crippen LogP contribution is 2.48. The van der Waals surface area contributed by atoms with Crippen molar-refractivity contribution in [2.45, 2.75) is 111 Å². The minimum absolute atomic E-state index is 0.0404. The maximum atomic E-state index is 11.5. The predicted octanol–water partition coefficient (Wildman–Crippen LogP) is 8.20. The molecule has 48 heavy (non-hydrogen) atoms. The fourth-order valence-electron chi connectivity index (χ4n) is 7.88. The van der Waals surface area contributed by atoms with E-state index in [1.165, 1.54) is 45.0 Å². The highest BCUT2D eigenvalue weighted by molar-refractivity contribution is 6.04. The number of benzene rings is 2. The summed E-state index contributed by atoms with van der Waals surface area (Å²) in [6.45, 7) is 22.5. The molecule has 5 rings (SSSR count). The Labute approximate surface area is 289 Å². The van der Waals surface area contributed by atoms with Crippen LogP contribution in [0.2, 0.25) is 0 Å². The van der Waals surface area contributed by atoms with Crippen LogP contribution in [0.25, 0.3) is 6.58 Å². The Bertz CT molecular complexity index is 1760. The Morgan fingerprint density at radius 3 is 2.58 bits per heavy atom. The number of aliphatic carboxylic acids is 1. The van der Waals surface area contributed by atoms with E-state index in [-0.39, 0.29) is 23.2 Å². The van der Waals surface area contributed by atoms with Crippen molar-refractivity contribution in [2.24, 2.45) is 10.9 Å². The van der Waals surface area contributed by atoms with Crippen LogP contribution in [0.5, 0.6) is 0 Å². The first-order valence-corrected chi connectivity index (χ1v) is 18.3. The van der Waals surface area contributed by atoms with Gasteiger partial charge in [0.2, 0.25) is 0 Å². The van der Waals surface area contributed by atoms with Crippen molar-refractivity contribution in [1.82, 2.24) is 4.58 Å².